The maximum Gasteiger partial charge on any atom is 0.245 e. The molecule has 0 aliphatic carbocycles. The van der Waals surface area contributed by atoms with E-state index in [0.717, 1.165) is 0 Å². The number of amides is 2. The summed E-state index contributed by atoms with van der Waals surface area (Å²) in [5, 5.41) is 12.2. The third kappa shape index (κ3) is 2.29. The van der Waals surface area contributed by atoms with Crippen LogP contribution in [0.5, 0.6) is 0 Å². The number of aromatic nitrogens is 1. The minimum Gasteiger partial charge on any atom is -0.364 e. The fourth-order valence-electron chi connectivity index (χ4n) is 2.88. The summed E-state index contributed by atoms with van der Waals surface area (Å²) >= 11 is 0. The molecule has 3 rings (SSSR count). The predicted molar refractivity (Wildman–Crippen MR) is 74.1 cm³/mol. The van der Waals surface area contributed by atoms with Crippen molar-refractivity contribution >= 4 is 17.6 Å². The van der Waals surface area contributed by atoms with Crippen LogP contribution in [0.2, 0.25) is 0 Å². The van der Waals surface area contributed by atoms with Crippen LogP contribution in [-0.2, 0) is 9.59 Å². The summed E-state index contributed by atoms with van der Waals surface area (Å²) in [4.78, 5) is 31.3. The molecule has 2 aliphatic rings. The summed E-state index contributed by atoms with van der Waals surface area (Å²) in [5.41, 5.74) is 0.456. The van der Waals surface area contributed by atoms with Gasteiger partial charge in [0.25, 0.3) is 0 Å². The highest BCUT2D eigenvalue weighted by molar-refractivity contribution is 5.95. The van der Waals surface area contributed by atoms with Crippen LogP contribution in [-0.4, -0.2) is 58.8 Å². The zero-order valence-electron chi connectivity index (χ0n) is 11.6. The van der Waals surface area contributed by atoms with Crippen LogP contribution in [0.15, 0.2) is 18.3 Å². The normalized spacial score (nSPS) is 24.8. The molecule has 21 heavy (non-hydrogen) atoms. The quantitative estimate of drug-likeness (QED) is 0.813. The van der Waals surface area contributed by atoms with E-state index in [1.165, 1.54) is 4.90 Å². The second-order valence-corrected chi connectivity index (χ2v) is 5.34. The minimum absolute atomic E-state index is 0.0274. The average Bonchev–Trinajstić information content (AvgIpc) is 2.90. The lowest BCUT2D eigenvalue weighted by Crippen LogP contribution is -2.55. The third-order valence-electron chi connectivity index (χ3n) is 3.92. The molecule has 2 saturated heterocycles. The van der Waals surface area contributed by atoms with Crippen LogP contribution in [0.1, 0.15) is 12.0 Å². The van der Waals surface area contributed by atoms with E-state index in [1.54, 1.807) is 30.3 Å². The van der Waals surface area contributed by atoms with Crippen molar-refractivity contribution in [3.8, 4) is 6.07 Å². The molecule has 0 saturated carbocycles. The number of nitrogens with one attached hydrogen (secondary N) is 1. The van der Waals surface area contributed by atoms with E-state index in [9.17, 15) is 9.59 Å². The highest BCUT2D eigenvalue weighted by Crippen LogP contribution is 2.26. The summed E-state index contributed by atoms with van der Waals surface area (Å²) in [6.45, 7) is 0.597. The number of pyridine rings is 1. The fourth-order valence-corrected chi connectivity index (χ4v) is 2.88. The standard InChI is InChI=1S/C14H15N5O2/c1-18-8-12(20)19-7-10(5-11(19)14(18)21)17-13-9(6-15)3-2-4-16-13/h2-4,10-11H,5,7-8H2,1H3,(H,16,17)/t10-,11+/m1/s1. The van der Waals surface area contributed by atoms with Crippen molar-refractivity contribution < 1.29 is 9.59 Å². The SMILES string of the molecule is CN1CC(=O)N2C[C@H](Nc3ncccc3C#N)C[C@H]2C1=O. The van der Waals surface area contributed by atoms with Crippen molar-refractivity contribution in [3.05, 3.63) is 23.9 Å². The number of hydrogen-bond donors (Lipinski definition) is 1. The summed E-state index contributed by atoms with van der Waals surface area (Å²) in [7, 11) is 1.64. The molecule has 1 N–H and O–H groups in total. The Bertz CT molecular complexity index is 638. The van der Waals surface area contributed by atoms with Gasteiger partial charge < -0.3 is 15.1 Å². The molecule has 0 radical (unpaired) electrons. The van der Waals surface area contributed by atoms with Gasteiger partial charge in [-0.15, -0.1) is 0 Å². The number of likely N-dealkylation sites (N-methyl/N-ethyl adjacent to an activating group) is 1. The highest BCUT2D eigenvalue weighted by Gasteiger charge is 2.44. The summed E-state index contributed by atoms with van der Waals surface area (Å²) in [6, 6.07) is 4.98. The molecule has 2 atom stereocenters. The number of rotatable bonds is 2. The van der Waals surface area contributed by atoms with E-state index in [1.807, 2.05) is 0 Å². The molecule has 2 fully saturated rings. The third-order valence-corrected chi connectivity index (χ3v) is 3.92. The van der Waals surface area contributed by atoms with Gasteiger partial charge >= 0.3 is 0 Å². The smallest absolute Gasteiger partial charge is 0.245 e. The zero-order valence-corrected chi connectivity index (χ0v) is 11.6. The van der Waals surface area contributed by atoms with Gasteiger partial charge in [-0.1, -0.05) is 0 Å². The second-order valence-electron chi connectivity index (χ2n) is 5.34. The van der Waals surface area contributed by atoms with E-state index < -0.39 is 6.04 Å². The van der Waals surface area contributed by atoms with Crippen LogP contribution < -0.4 is 5.32 Å². The zero-order chi connectivity index (χ0) is 15.0. The van der Waals surface area contributed by atoms with E-state index >= 15 is 0 Å². The average molecular weight is 285 g/mol. The fraction of sp³-hybridized carbons (Fsp3) is 0.429. The van der Waals surface area contributed by atoms with E-state index in [2.05, 4.69) is 16.4 Å². The van der Waals surface area contributed by atoms with Gasteiger partial charge in [0.2, 0.25) is 11.8 Å². The van der Waals surface area contributed by atoms with Gasteiger partial charge in [0.1, 0.15) is 17.9 Å². The molecule has 3 heterocycles. The Hall–Kier alpha value is -2.62. The lowest BCUT2D eigenvalue weighted by molar-refractivity contribution is -0.152. The predicted octanol–water partition coefficient (Wildman–Crippen LogP) is -0.193. The largest absolute Gasteiger partial charge is 0.364 e. The Balaban J connectivity index is 1.77. The number of nitrogens with zero attached hydrogens (tertiary/aromatic N) is 4. The molecule has 2 aliphatic heterocycles. The van der Waals surface area contributed by atoms with Crippen molar-refractivity contribution in [1.82, 2.24) is 14.8 Å². The van der Waals surface area contributed by atoms with Crippen LogP contribution in [0.3, 0.4) is 0 Å². The van der Waals surface area contributed by atoms with Crippen molar-refractivity contribution in [3.63, 3.8) is 0 Å². The molecule has 0 aromatic carbocycles. The van der Waals surface area contributed by atoms with E-state index in [-0.39, 0.29) is 24.4 Å². The molecular weight excluding hydrogens is 270 g/mol. The minimum atomic E-state index is -0.400. The van der Waals surface area contributed by atoms with E-state index in [4.69, 9.17) is 5.26 Å². The molecule has 1 aromatic heterocycles. The van der Waals surface area contributed by atoms with Crippen LogP contribution in [0, 0.1) is 11.3 Å². The summed E-state index contributed by atoms with van der Waals surface area (Å²) in [5.74, 6) is 0.437. The van der Waals surface area contributed by atoms with Gasteiger partial charge in [0.15, 0.2) is 0 Å². The topological polar surface area (TPSA) is 89.3 Å². The number of anilines is 1. The van der Waals surface area contributed by atoms with Gasteiger partial charge in [0.05, 0.1) is 12.1 Å². The van der Waals surface area contributed by atoms with Crippen LogP contribution in [0.25, 0.3) is 0 Å². The molecule has 0 bridgehead atoms. The van der Waals surface area contributed by atoms with Gasteiger partial charge in [-0.3, -0.25) is 9.59 Å². The maximum atomic E-state index is 12.1. The number of carbonyl (C=O) groups is 2. The lowest BCUT2D eigenvalue weighted by atomic mass is 10.1. The summed E-state index contributed by atoms with van der Waals surface area (Å²) < 4.78 is 0. The van der Waals surface area contributed by atoms with Crippen molar-refractivity contribution in [2.45, 2.75) is 18.5 Å². The molecule has 1 aromatic rings. The number of nitriles is 1. The molecule has 7 heteroatoms. The van der Waals surface area contributed by atoms with Gasteiger partial charge in [0, 0.05) is 25.8 Å². The molecule has 7 nitrogen and oxygen atoms in total. The Morgan fingerprint density at radius 3 is 3.05 bits per heavy atom. The first kappa shape index (κ1) is 13.4. The second kappa shape index (κ2) is 5.05. The first-order valence-electron chi connectivity index (χ1n) is 6.76. The Morgan fingerprint density at radius 2 is 2.29 bits per heavy atom. The highest BCUT2D eigenvalue weighted by atomic mass is 16.2. The van der Waals surface area contributed by atoms with Crippen molar-refractivity contribution in [1.29, 1.82) is 5.26 Å². The van der Waals surface area contributed by atoms with Crippen LogP contribution in [0.4, 0.5) is 5.82 Å². The molecule has 0 unspecified atom stereocenters. The number of carbonyl (C=O) groups excluding carboxylic acids is 2. The Labute approximate surface area is 122 Å². The first-order chi connectivity index (χ1) is 10.1. The number of fused-ring (bicyclic) bond motifs is 1. The first-order valence-corrected chi connectivity index (χ1v) is 6.76. The number of hydrogen-bond acceptors (Lipinski definition) is 5. The summed E-state index contributed by atoms with van der Waals surface area (Å²) in [6.07, 6.45) is 2.14. The molecule has 2 amide bonds. The number of piperazine rings is 1. The lowest BCUT2D eigenvalue weighted by Gasteiger charge is -2.33. The maximum absolute atomic E-state index is 12.1. The molecule has 0 spiro atoms. The monoisotopic (exact) mass is 285 g/mol. The van der Waals surface area contributed by atoms with Crippen molar-refractivity contribution in [2.24, 2.45) is 0 Å². The van der Waals surface area contributed by atoms with Gasteiger partial charge in [-0.2, -0.15) is 5.26 Å². The molecule has 108 valence electrons. The van der Waals surface area contributed by atoms with E-state index in [0.29, 0.717) is 24.3 Å². The van der Waals surface area contributed by atoms with Crippen LogP contribution >= 0.6 is 0 Å². The Morgan fingerprint density at radius 1 is 1.48 bits per heavy atom. The van der Waals surface area contributed by atoms with Gasteiger partial charge in [-0.25, -0.2) is 4.98 Å². The Kier molecular flexibility index (Phi) is 3.22. The molecular formula is C14H15N5O2. The van der Waals surface area contributed by atoms with Gasteiger partial charge in [-0.05, 0) is 18.6 Å². The van der Waals surface area contributed by atoms with Crippen molar-refractivity contribution in [2.75, 3.05) is 25.5 Å².